The molecule has 1 saturated carbocycles. The van der Waals surface area contributed by atoms with Crippen molar-refractivity contribution in [1.29, 1.82) is 0 Å². The molecule has 1 aromatic rings. The summed E-state index contributed by atoms with van der Waals surface area (Å²) in [6, 6.07) is 6.26. The lowest BCUT2D eigenvalue weighted by Crippen LogP contribution is -2.31. The molecule has 18 heavy (non-hydrogen) atoms. The Labute approximate surface area is 108 Å². The minimum atomic E-state index is 0.195. The van der Waals surface area contributed by atoms with Crippen LogP contribution in [0.5, 0.6) is 0 Å². The van der Waals surface area contributed by atoms with Crippen molar-refractivity contribution in [1.82, 2.24) is 5.32 Å². The van der Waals surface area contributed by atoms with E-state index >= 15 is 0 Å². The molecule has 1 unspecified atom stereocenters. The number of fused-ring (bicyclic) bond motifs is 1. The summed E-state index contributed by atoms with van der Waals surface area (Å²) in [4.78, 5) is 11.9. The van der Waals surface area contributed by atoms with Crippen molar-refractivity contribution in [2.24, 2.45) is 5.92 Å². The minimum Gasteiger partial charge on any atom is -0.399 e. The number of hydrogen-bond acceptors (Lipinski definition) is 2. The van der Waals surface area contributed by atoms with Crippen LogP contribution in [-0.4, -0.2) is 5.91 Å². The number of carbonyl (C=O) groups is 1. The molecule has 1 amide bonds. The molecule has 96 valence electrons. The summed E-state index contributed by atoms with van der Waals surface area (Å²) in [5.74, 6) is 0.867. The Balaban J connectivity index is 1.72. The minimum absolute atomic E-state index is 0.195. The highest BCUT2D eigenvalue weighted by atomic mass is 16.1. The van der Waals surface area contributed by atoms with Gasteiger partial charge < -0.3 is 11.1 Å². The number of nitrogens with two attached hydrogens (primary N) is 1. The summed E-state index contributed by atoms with van der Waals surface area (Å²) in [7, 11) is 0. The van der Waals surface area contributed by atoms with Gasteiger partial charge in [-0.1, -0.05) is 6.07 Å². The Bertz CT molecular complexity index is 466. The summed E-state index contributed by atoms with van der Waals surface area (Å²) in [6.45, 7) is 0. The molecule has 2 aliphatic rings. The molecular weight excluding hydrogens is 224 g/mol. The first kappa shape index (κ1) is 11.6. The topological polar surface area (TPSA) is 55.1 Å². The molecule has 0 heterocycles. The van der Waals surface area contributed by atoms with E-state index in [1.807, 2.05) is 6.07 Å². The van der Waals surface area contributed by atoms with Gasteiger partial charge in [-0.25, -0.2) is 0 Å². The zero-order valence-corrected chi connectivity index (χ0v) is 10.6. The van der Waals surface area contributed by atoms with E-state index in [4.69, 9.17) is 5.73 Å². The van der Waals surface area contributed by atoms with Gasteiger partial charge in [0.25, 0.3) is 0 Å². The average molecular weight is 244 g/mol. The number of nitrogens with one attached hydrogen (secondary N) is 1. The number of hydrogen-bond donors (Lipinski definition) is 2. The SMILES string of the molecule is Nc1ccc2c(c1)CCCC2NC(=O)CC1CC1. The molecular formula is C15H20N2O. The highest BCUT2D eigenvalue weighted by molar-refractivity contribution is 5.77. The summed E-state index contributed by atoms with van der Waals surface area (Å²) < 4.78 is 0. The van der Waals surface area contributed by atoms with E-state index in [-0.39, 0.29) is 11.9 Å². The number of carbonyl (C=O) groups excluding carboxylic acids is 1. The van der Waals surface area contributed by atoms with Crippen molar-refractivity contribution >= 4 is 11.6 Å². The van der Waals surface area contributed by atoms with Crippen molar-refractivity contribution in [2.45, 2.75) is 44.6 Å². The monoisotopic (exact) mass is 244 g/mol. The lowest BCUT2D eigenvalue weighted by Gasteiger charge is -2.26. The van der Waals surface area contributed by atoms with Gasteiger partial charge in [-0.05, 0) is 61.3 Å². The van der Waals surface area contributed by atoms with Gasteiger partial charge in [0.2, 0.25) is 5.91 Å². The first-order valence-electron chi connectivity index (χ1n) is 6.90. The zero-order valence-electron chi connectivity index (χ0n) is 10.6. The fraction of sp³-hybridized carbons (Fsp3) is 0.533. The van der Waals surface area contributed by atoms with Crippen LogP contribution >= 0.6 is 0 Å². The Morgan fingerprint density at radius 1 is 1.33 bits per heavy atom. The lowest BCUT2D eigenvalue weighted by molar-refractivity contribution is -0.122. The molecule has 0 bridgehead atoms. The van der Waals surface area contributed by atoms with Crippen molar-refractivity contribution in [2.75, 3.05) is 5.73 Å². The lowest BCUT2D eigenvalue weighted by atomic mass is 9.87. The Hall–Kier alpha value is -1.51. The third kappa shape index (κ3) is 2.50. The van der Waals surface area contributed by atoms with Crippen LogP contribution in [0, 0.1) is 5.92 Å². The van der Waals surface area contributed by atoms with Crippen LogP contribution < -0.4 is 11.1 Å². The zero-order chi connectivity index (χ0) is 12.5. The van der Waals surface area contributed by atoms with Crippen LogP contribution in [0.1, 0.15) is 49.3 Å². The van der Waals surface area contributed by atoms with Gasteiger partial charge in [-0.3, -0.25) is 4.79 Å². The molecule has 1 aromatic carbocycles. The third-order valence-corrected chi connectivity index (χ3v) is 3.99. The van der Waals surface area contributed by atoms with Crippen molar-refractivity contribution in [3.63, 3.8) is 0 Å². The molecule has 0 radical (unpaired) electrons. The number of benzene rings is 1. The van der Waals surface area contributed by atoms with Crippen LogP contribution in [0.25, 0.3) is 0 Å². The second-order valence-electron chi connectivity index (χ2n) is 5.62. The van der Waals surface area contributed by atoms with Gasteiger partial charge in [0.1, 0.15) is 0 Å². The first-order chi connectivity index (χ1) is 8.72. The van der Waals surface area contributed by atoms with Crippen LogP contribution in [0.3, 0.4) is 0 Å². The van der Waals surface area contributed by atoms with Crippen molar-refractivity contribution in [3.05, 3.63) is 29.3 Å². The van der Waals surface area contributed by atoms with Crippen molar-refractivity contribution in [3.8, 4) is 0 Å². The van der Waals surface area contributed by atoms with E-state index in [1.165, 1.54) is 24.0 Å². The largest absolute Gasteiger partial charge is 0.399 e. The molecule has 0 saturated heterocycles. The van der Waals surface area contributed by atoms with E-state index < -0.39 is 0 Å². The van der Waals surface area contributed by atoms with Crippen LogP contribution in [-0.2, 0) is 11.2 Å². The van der Waals surface area contributed by atoms with Crippen LogP contribution in [0.4, 0.5) is 5.69 Å². The highest BCUT2D eigenvalue weighted by Crippen LogP contribution is 2.34. The number of rotatable bonds is 3. The Morgan fingerprint density at radius 2 is 2.17 bits per heavy atom. The predicted molar refractivity (Wildman–Crippen MR) is 72.0 cm³/mol. The Kier molecular flexibility index (Phi) is 2.98. The number of aryl methyl sites for hydroxylation is 1. The highest BCUT2D eigenvalue weighted by Gasteiger charge is 2.27. The average Bonchev–Trinajstić information content (AvgIpc) is 3.12. The molecule has 2 aliphatic carbocycles. The van der Waals surface area contributed by atoms with Crippen LogP contribution in [0.2, 0.25) is 0 Å². The maximum atomic E-state index is 11.9. The molecule has 3 N–H and O–H groups in total. The van der Waals surface area contributed by atoms with Gasteiger partial charge >= 0.3 is 0 Å². The number of nitrogen functional groups attached to an aromatic ring is 1. The van der Waals surface area contributed by atoms with E-state index in [9.17, 15) is 4.79 Å². The van der Waals surface area contributed by atoms with Gasteiger partial charge in [0.05, 0.1) is 6.04 Å². The molecule has 3 nitrogen and oxygen atoms in total. The Morgan fingerprint density at radius 3 is 2.94 bits per heavy atom. The summed E-state index contributed by atoms with van der Waals surface area (Å²) in [5, 5.41) is 3.19. The molecule has 3 heteroatoms. The fourth-order valence-electron chi connectivity index (χ4n) is 2.82. The third-order valence-electron chi connectivity index (χ3n) is 3.99. The molecule has 0 aromatic heterocycles. The van der Waals surface area contributed by atoms with Gasteiger partial charge in [-0.15, -0.1) is 0 Å². The predicted octanol–water partition coefficient (Wildman–Crippen LogP) is 2.56. The maximum Gasteiger partial charge on any atom is 0.220 e. The quantitative estimate of drug-likeness (QED) is 0.803. The molecule has 3 rings (SSSR count). The molecule has 0 spiro atoms. The van der Waals surface area contributed by atoms with Crippen LogP contribution in [0.15, 0.2) is 18.2 Å². The summed E-state index contributed by atoms with van der Waals surface area (Å²) >= 11 is 0. The first-order valence-corrected chi connectivity index (χ1v) is 6.90. The second kappa shape index (κ2) is 4.63. The summed E-state index contributed by atoms with van der Waals surface area (Å²) in [6.07, 6.45) is 6.42. The molecule has 1 atom stereocenters. The normalized spacial score (nSPS) is 22.3. The number of anilines is 1. The smallest absolute Gasteiger partial charge is 0.220 e. The maximum absolute atomic E-state index is 11.9. The van der Waals surface area contributed by atoms with E-state index in [0.717, 1.165) is 24.9 Å². The second-order valence-corrected chi connectivity index (χ2v) is 5.62. The number of amides is 1. The summed E-state index contributed by atoms with van der Waals surface area (Å²) in [5.41, 5.74) is 9.20. The fourth-order valence-corrected chi connectivity index (χ4v) is 2.82. The standard InChI is InChI=1S/C15H20N2O/c16-12-6-7-13-11(9-12)2-1-3-14(13)17-15(18)8-10-4-5-10/h6-7,9-10,14H,1-5,8,16H2,(H,17,18). The van der Waals surface area contributed by atoms with E-state index in [0.29, 0.717) is 12.3 Å². The van der Waals surface area contributed by atoms with E-state index in [1.54, 1.807) is 0 Å². The molecule has 0 aliphatic heterocycles. The van der Waals surface area contributed by atoms with Gasteiger partial charge in [0, 0.05) is 12.1 Å². The van der Waals surface area contributed by atoms with Gasteiger partial charge in [-0.2, -0.15) is 0 Å². The van der Waals surface area contributed by atoms with E-state index in [2.05, 4.69) is 17.4 Å². The molecule has 1 fully saturated rings. The van der Waals surface area contributed by atoms with Gasteiger partial charge in [0.15, 0.2) is 0 Å². The van der Waals surface area contributed by atoms with Crippen molar-refractivity contribution < 1.29 is 4.79 Å².